The van der Waals surface area contributed by atoms with Crippen molar-refractivity contribution in [2.24, 2.45) is 0 Å². The van der Waals surface area contributed by atoms with E-state index in [-0.39, 0.29) is 17.2 Å². The van der Waals surface area contributed by atoms with E-state index >= 15 is 0 Å². The third kappa shape index (κ3) is 3.75. The highest BCUT2D eigenvalue weighted by atomic mass is 16.2. The van der Waals surface area contributed by atoms with E-state index in [0.29, 0.717) is 25.1 Å². The molecule has 0 unspecified atom stereocenters. The first kappa shape index (κ1) is 17.8. The fourth-order valence-corrected chi connectivity index (χ4v) is 4.22. The Morgan fingerprint density at radius 1 is 1.04 bits per heavy atom. The molecule has 0 bridgehead atoms. The Morgan fingerprint density at radius 3 is 2.52 bits per heavy atom. The van der Waals surface area contributed by atoms with Gasteiger partial charge < -0.3 is 10.2 Å². The van der Waals surface area contributed by atoms with E-state index in [0.717, 1.165) is 31.4 Å². The molecule has 1 saturated carbocycles. The molecule has 1 heterocycles. The van der Waals surface area contributed by atoms with E-state index in [1.165, 1.54) is 12.0 Å². The first-order valence-electron chi connectivity index (χ1n) is 9.87. The first-order valence-corrected chi connectivity index (χ1v) is 9.87. The van der Waals surface area contributed by atoms with Crippen molar-refractivity contribution in [3.63, 3.8) is 0 Å². The van der Waals surface area contributed by atoms with Gasteiger partial charge in [0, 0.05) is 37.0 Å². The van der Waals surface area contributed by atoms with E-state index in [2.05, 4.69) is 29.6 Å². The predicted octanol–water partition coefficient (Wildman–Crippen LogP) is 3.66. The number of rotatable bonds is 6. The third-order valence-electron chi connectivity index (χ3n) is 6.02. The number of benzene rings is 2. The summed E-state index contributed by atoms with van der Waals surface area (Å²) < 4.78 is 0. The van der Waals surface area contributed by atoms with Crippen molar-refractivity contribution in [2.75, 3.05) is 13.1 Å². The molecule has 0 aromatic heterocycles. The summed E-state index contributed by atoms with van der Waals surface area (Å²) in [7, 11) is 0. The minimum Gasteiger partial charge on any atom is -0.351 e. The second-order valence-corrected chi connectivity index (χ2v) is 7.80. The fraction of sp³-hybridized carbons (Fsp3) is 0.391. The van der Waals surface area contributed by atoms with Crippen LogP contribution in [-0.2, 0) is 16.8 Å². The molecule has 140 valence electrons. The van der Waals surface area contributed by atoms with Crippen LogP contribution in [0.25, 0.3) is 0 Å². The molecular weight excluding hydrogens is 336 g/mol. The van der Waals surface area contributed by atoms with Gasteiger partial charge in [0.2, 0.25) is 5.91 Å². The minimum atomic E-state index is -0.0354. The van der Waals surface area contributed by atoms with Crippen LogP contribution in [-0.4, -0.2) is 29.8 Å². The van der Waals surface area contributed by atoms with Crippen LogP contribution in [0.2, 0.25) is 0 Å². The number of nitrogens with one attached hydrogen (secondary N) is 1. The average molecular weight is 362 g/mol. The monoisotopic (exact) mass is 362 g/mol. The maximum absolute atomic E-state index is 12.7. The number of hydrogen-bond acceptors (Lipinski definition) is 2. The lowest BCUT2D eigenvalue weighted by molar-refractivity contribution is -0.128. The van der Waals surface area contributed by atoms with Crippen LogP contribution in [0.15, 0.2) is 54.6 Å². The van der Waals surface area contributed by atoms with Crippen LogP contribution in [0.5, 0.6) is 0 Å². The Labute approximate surface area is 160 Å². The predicted molar refractivity (Wildman–Crippen MR) is 105 cm³/mol. The summed E-state index contributed by atoms with van der Waals surface area (Å²) in [6.45, 7) is 2.08. The van der Waals surface area contributed by atoms with Gasteiger partial charge in [-0.25, -0.2) is 0 Å². The molecule has 0 radical (unpaired) electrons. The first-order chi connectivity index (χ1) is 13.2. The quantitative estimate of drug-likeness (QED) is 0.852. The van der Waals surface area contributed by atoms with E-state index in [4.69, 9.17) is 0 Å². The molecule has 2 aromatic carbocycles. The summed E-state index contributed by atoms with van der Waals surface area (Å²) in [6, 6.07) is 18.2. The standard InChI is InChI=1S/C23H26N2O2/c26-21-11-5-14-25(21)16-18-7-4-8-19(15-18)22(27)24-17-23(12-6-13-23)20-9-2-1-3-10-20/h1-4,7-10,15H,5-6,11-14,16-17H2,(H,24,27). The van der Waals surface area contributed by atoms with Gasteiger partial charge in [0.25, 0.3) is 5.91 Å². The van der Waals surface area contributed by atoms with Crippen LogP contribution >= 0.6 is 0 Å². The number of hydrogen-bond donors (Lipinski definition) is 1. The van der Waals surface area contributed by atoms with E-state index in [1.807, 2.05) is 35.2 Å². The van der Waals surface area contributed by atoms with E-state index in [1.54, 1.807) is 0 Å². The second kappa shape index (κ2) is 7.55. The topological polar surface area (TPSA) is 49.4 Å². The molecule has 27 heavy (non-hydrogen) atoms. The maximum atomic E-state index is 12.7. The van der Waals surface area contributed by atoms with Crippen molar-refractivity contribution in [3.8, 4) is 0 Å². The van der Waals surface area contributed by atoms with Gasteiger partial charge in [0.05, 0.1) is 0 Å². The Hall–Kier alpha value is -2.62. The Kier molecular flexibility index (Phi) is 4.97. The second-order valence-electron chi connectivity index (χ2n) is 7.80. The molecule has 2 aliphatic rings. The number of likely N-dealkylation sites (tertiary alicyclic amines) is 1. The number of carbonyl (C=O) groups is 2. The van der Waals surface area contributed by atoms with Crippen molar-refractivity contribution in [1.82, 2.24) is 10.2 Å². The molecule has 1 aliphatic carbocycles. The van der Waals surface area contributed by atoms with Gasteiger partial charge in [-0.05, 0) is 42.5 Å². The smallest absolute Gasteiger partial charge is 0.251 e. The van der Waals surface area contributed by atoms with Gasteiger partial charge in [-0.3, -0.25) is 9.59 Å². The fourth-order valence-electron chi connectivity index (χ4n) is 4.22. The highest BCUT2D eigenvalue weighted by molar-refractivity contribution is 5.94. The van der Waals surface area contributed by atoms with Crippen LogP contribution in [0.3, 0.4) is 0 Å². The highest BCUT2D eigenvalue weighted by Gasteiger charge is 2.38. The van der Waals surface area contributed by atoms with Crippen LogP contribution < -0.4 is 5.32 Å². The molecule has 4 nitrogen and oxygen atoms in total. The van der Waals surface area contributed by atoms with Crippen molar-refractivity contribution < 1.29 is 9.59 Å². The summed E-state index contributed by atoms with van der Waals surface area (Å²) in [5.41, 5.74) is 3.08. The SMILES string of the molecule is O=C(NCC1(c2ccccc2)CCC1)c1cccc(CN2CCCC2=O)c1. The molecule has 1 N–H and O–H groups in total. The molecule has 0 atom stereocenters. The highest BCUT2D eigenvalue weighted by Crippen LogP contribution is 2.43. The molecular formula is C23H26N2O2. The molecule has 2 aromatic rings. The lowest BCUT2D eigenvalue weighted by Crippen LogP contribution is -2.45. The normalized spacial score (nSPS) is 18.2. The number of carbonyl (C=O) groups excluding carboxylic acids is 2. The molecule has 4 heteroatoms. The van der Waals surface area contributed by atoms with Crippen molar-refractivity contribution in [2.45, 2.75) is 44.1 Å². The van der Waals surface area contributed by atoms with Gasteiger partial charge >= 0.3 is 0 Å². The Bertz CT molecular complexity index is 827. The molecule has 0 spiro atoms. The molecule has 1 aliphatic heterocycles. The average Bonchev–Trinajstić information content (AvgIpc) is 3.06. The van der Waals surface area contributed by atoms with Gasteiger partial charge in [-0.2, -0.15) is 0 Å². The van der Waals surface area contributed by atoms with Crippen molar-refractivity contribution >= 4 is 11.8 Å². The van der Waals surface area contributed by atoms with Crippen LogP contribution in [0.1, 0.15) is 53.6 Å². The minimum absolute atomic E-state index is 0.0354. The molecule has 2 fully saturated rings. The van der Waals surface area contributed by atoms with E-state index in [9.17, 15) is 9.59 Å². The lowest BCUT2D eigenvalue weighted by atomic mass is 9.64. The maximum Gasteiger partial charge on any atom is 0.251 e. The summed E-state index contributed by atoms with van der Waals surface area (Å²) >= 11 is 0. The summed E-state index contributed by atoms with van der Waals surface area (Å²) in [5.74, 6) is 0.173. The van der Waals surface area contributed by atoms with Gasteiger partial charge in [-0.15, -0.1) is 0 Å². The van der Waals surface area contributed by atoms with Crippen molar-refractivity contribution in [3.05, 3.63) is 71.3 Å². The zero-order valence-electron chi connectivity index (χ0n) is 15.6. The third-order valence-corrected chi connectivity index (χ3v) is 6.02. The van der Waals surface area contributed by atoms with Crippen LogP contribution in [0.4, 0.5) is 0 Å². The van der Waals surface area contributed by atoms with Gasteiger partial charge in [0.1, 0.15) is 0 Å². The molecule has 4 rings (SSSR count). The van der Waals surface area contributed by atoms with Crippen LogP contribution in [0, 0.1) is 0 Å². The van der Waals surface area contributed by atoms with E-state index < -0.39 is 0 Å². The number of amides is 2. The zero-order valence-corrected chi connectivity index (χ0v) is 15.6. The lowest BCUT2D eigenvalue weighted by Gasteiger charge is -2.42. The Balaban J connectivity index is 1.41. The Morgan fingerprint density at radius 2 is 1.85 bits per heavy atom. The summed E-state index contributed by atoms with van der Waals surface area (Å²) in [6.07, 6.45) is 5.02. The largest absolute Gasteiger partial charge is 0.351 e. The van der Waals surface area contributed by atoms with Gasteiger partial charge in [-0.1, -0.05) is 48.9 Å². The van der Waals surface area contributed by atoms with Gasteiger partial charge in [0.15, 0.2) is 0 Å². The zero-order chi connectivity index (χ0) is 18.7. The number of nitrogens with zero attached hydrogens (tertiary/aromatic N) is 1. The summed E-state index contributed by atoms with van der Waals surface area (Å²) in [4.78, 5) is 26.4. The molecule has 2 amide bonds. The summed E-state index contributed by atoms with van der Waals surface area (Å²) in [5, 5.41) is 3.15. The van der Waals surface area contributed by atoms with Crippen molar-refractivity contribution in [1.29, 1.82) is 0 Å². The molecule has 1 saturated heterocycles.